The molecule has 0 aliphatic rings. The maximum Gasteiger partial charge on any atom is 0.0830 e. The van der Waals surface area contributed by atoms with Crippen molar-refractivity contribution in [3.05, 3.63) is 71.8 Å². The van der Waals surface area contributed by atoms with Crippen molar-refractivity contribution in [3.63, 3.8) is 0 Å². The predicted octanol–water partition coefficient (Wildman–Crippen LogP) is 2.76. The van der Waals surface area contributed by atoms with E-state index in [9.17, 15) is 5.11 Å². The normalized spacial score (nSPS) is 12.3. The van der Waals surface area contributed by atoms with Crippen LogP contribution in [0.4, 0.5) is 0 Å². The number of hydrogen-bond acceptors (Lipinski definition) is 1. The molecule has 1 atom stereocenters. The van der Waals surface area contributed by atoms with Crippen molar-refractivity contribution in [3.8, 4) is 0 Å². The Morgan fingerprint density at radius 2 is 1.87 bits per heavy atom. The number of aliphatic hydroxyl groups is 1. The lowest BCUT2D eigenvalue weighted by atomic mass is 10.0. The van der Waals surface area contributed by atoms with Gasteiger partial charge in [0.1, 0.15) is 0 Å². The van der Waals surface area contributed by atoms with Crippen molar-refractivity contribution in [2.75, 3.05) is 0 Å². The van der Waals surface area contributed by atoms with E-state index in [0.29, 0.717) is 6.42 Å². The second-order valence-corrected chi connectivity index (χ2v) is 3.54. The highest BCUT2D eigenvalue weighted by Crippen LogP contribution is 2.17. The molecule has 2 aromatic rings. The van der Waals surface area contributed by atoms with Gasteiger partial charge in [-0.25, -0.2) is 0 Å². The lowest BCUT2D eigenvalue weighted by Gasteiger charge is -2.10. The van der Waals surface area contributed by atoms with Crippen LogP contribution in [-0.4, -0.2) is 5.11 Å². The summed E-state index contributed by atoms with van der Waals surface area (Å²) in [4.78, 5) is 0. The summed E-state index contributed by atoms with van der Waals surface area (Å²) < 4.78 is 0. The van der Waals surface area contributed by atoms with E-state index >= 15 is 0 Å². The Labute approximate surface area is 90.0 Å². The fourth-order valence-electron chi connectivity index (χ4n) is 1.57. The summed E-state index contributed by atoms with van der Waals surface area (Å²) in [5, 5.41) is 9.95. The van der Waals surface area contributed by atoms with E-state index < -0.39 is 6.10 Å². The van der Waals surface area contributed by atoms with Crippen molar-refractivity contribution in [2.24, 2.45) is 0 Å². The Balaban J connectivity index is 2.08. The van der Waals surface area contributed by atoms with Gasteiger partial charge in [-0.15, -0.1) is 0 Å². The molecule has 0 spiro atoms. The van der Waals surface area contributed by atoms with E-state index in [0.717, 1.165) is 11.1 Å². The zero-order chi connectivity index (χ0) is 10.5. The Hall–Kier alpha value is -1.60. The van der Waals surface area contributed by atoms with E-state index in [1.54, 1.807) is 0 Å². The Kier molecular flexibility index (Phi) is 3.15. The summed E-state index contributed by atoms with van der Waals surface area (Å²) in [6, 6.07) is 20.4. The van der Waals surface area contributed by atoms with Crippen molar-refractivity contribution in [1.82, 2.24) is 0 Å². The van der Waals surface area contributed by atoms with E-state index in [4.69, 9.17) is 0 Å². The molecule has 1 nitrogen and oxygen atoms in total. The van der Waals surface area contributed by atoms with Crippen molar-refractivity contribution >= 4 is 0 Å². The number of rotatable bonds is 3. The third-order valence-electron chi connectivity index (χ3n) is 2.39. The zero-order valence-electron chi connectivity index (χ0n) is 8.43. The lowest BCUT2D eigenvalue weighted by Crippen LogP contribution is -2.01. The fraction of sp³-hybridized carbons (Fsp3) is 0.143. The van der Waals surface area contributed by atoms with Gasteiger partial charge in [0, 0.05) is 6.42 Å². The maximum atomic E-state index is 9.95. The minimum Gasteiger partial charge on any atom is -0.388 e. The summed E-state index contributed by atoms with van der Waals surface area (Å²) in [6.45, 7) is 0. The monoisotopic (exact) mass is 197 g/mol. The highest BCUT2D eigenvalue weighted by Gasteiger charge is 2.06. The topological polar surface area (TPSA) is 20.2 Å². The SMILES string of the molecule is OC(Cc1ccccc1)c1c[c]ccc1. The van der Waals surface area contributed by atoms with Crippen molar-refractivity contribution in [1.29, 1.82) is 0 Å². The molecule has 0 bridgehead atoms. The van der Waals surface area contributed by atoms with Gasteiger partial charge in [0.15, 0.2) is 0 Å². The third-order valence-corrected chi connectivity index (χ3v) is 2.39. The lowest BCUT2D eigenvalue weighted by molar-refractivity contribution is 0.178. The van der Waals surface area contributed by atoms with Gasteiger partial charge in [-0.3, -0.25) is 0 Å². The van der Waals surface area contributed by atoms with Gasteiger partial charge in [-0.2, -0.15) is 0 Å². The standard InChI is InChI=1S/C14H13O/c15-14(13-9-5-2-6-10-13)11-12-7-3-1-4-8-12/h1-5,7-10,14-15H,11H2. The van der Waals surface area contributed by atoms with E-state index in [1.807, 2.05) is 54.6 Å². The van der Waals surface area contributed by atoms with Crippen LogP contribution in [0.3, 0.4) is 0 Å². The molecular formula is C14H13O. The summed E-state index contributed by atoms with van der Waals surface area (Å²) in [5.74, 6) is 0. The predicted molar refractivity (Wildman–Crippen MR) is 60.4 cm³/mol. The first-order valence-corrected chi connectivity index (χ1v) is 5.04. The molecule has 0 saturated carbocycles. The minimum atomic E-state index is -0.440. The van der Waals surface area contributed by atoms with E-state index in [1.165, 1.54) is 0 Å². The molecule has 15 heavy (non-hydrogen) atoms. The number of hydrogen-bond donors (Lipinski definition) is 1. The first-order chi connectivity index (χ1) is 7.36. The van der Waals surface area contributed by atoms with Gasteiger partial charge in [0.2, 0.25) is 0 Å². The largest absolute Gasteiger partial charge is 0.388 e. The molecule has 1 radical (unpaired) electrons. The second-order valence-electron chi connectivity index (χ2n) is 3.54. The Bertz CT molecular complexity index is 394. The molecule has 75 valence electrons. The summed E-state index contributed by atoms with van der Waals surface area (Å²) >= 11 is 0. The van der Waals surface area contributed by atoms with E-state index in [-0.39, 0.29) is 0 Å². The molecule has 0 fully saturated rings. The molecule has 2 rings (SSSR count). The zero-order valence-corrected chi connectivity index (χ0v) is 8.43. The van der Waals surface area contributed by atoms with Crippen LogP contribution in [0.25, 0.3) is 0 Å². The van der Waals surface area contributed by atoms with Gasteiger partial charge in [0.05, 0.1) is 6.10 Å². The van der Waals surface area contributed by atoms with Crippen LogP contribution < -0.4 is 0 Å². The van der Waals surface area contributed by atoms with Crippen molar-refractivity contribution < 1.29 is 5.11 Å². The average molecular weight is 197 g/mol. The van der Waals surface area contributed by atoms with Crippen LogP contribution in [0, 0.1) is 6.07 Å². The number of aliphatic hydroxyl groups excluding tert-OH is 1. The van der Waals surface area contributed by atoms with Gasteiger partial charge >= 0.3 is 0 Å². The van der Waals surface area contributed by atoms with Crippen LogP contribution in [-0.2, 0) is 6.42 Å². The van der Waals surface area contributed by atoms with Crippen LogP contribution >= 0.6 is 0 Å². The molecular weight excluding hydrogens is 184 g/mol. The minimum absolute atomic E-state index is 0.440. The van der Waals surface area contributed by atoms with Crippen LogP contribution in [0.15, 0.2) is 54.6 Å². The molecule has 1 heteroatoms. The Morgan fingerprint density at radius 1 is 1.07 bits per heavy atom. The molecule has 0 aliphatic heterocycles. The van der Waals surface area contributed by atoms with Crippen LogP contribution in [0.1, 0.15) is 17.2 Å². The summed E-state index contributed by atoms with van der Waals surface area (Å²) in [6.07, 6.45) is 0.212. The molecule has 0 saturated heterocycles. The summed E-state index contributed by atoms with van der Waals surface area (Å²) in [7, 11) is 0. The van der Waals surface area contributed by atoms with Crippen LogP contribution in [0.2, 0.25) is 0 Å². The molecule has 0 amide bonds. The molecule has 0 aromatic heterocycles. The smallest absolute Gasteiger partial charge is 0.0830 e. The molecule has 0 aliphatic carbocycles. The Morgan fingerprint density at radius 3 is 2.53 bits per heavy atom. The molecule has 2 aromatic carbocycles. The van der Waals surface area contributed by atoms with Gasteiger partial charge in [-0.05, 0) is 23.3 Å². The van der Waals surface area contributed by atoms with Gasteiger partial charge < -0.3 is 5.11 Å². The quantitative estimate of drug-likeness (QED) is 0.802. The average Bonchev–Trinajstić information content (AvgIpc) is 2.31. The molecule has 0 heterocycles. The highest BCUT2D eigenvalue weighted by atomic mass is 16.3. The summed E-state index contributed by atoms with van der Waals surface area (Å²) in [5.41, 5.74) is 2.07. The van der Waals surface area contributed by atoms with Gasteiger partial charge in [-0.1, -0.05) is 48.5 Å². The highest BCUT2D eigenvalue weighted by molar-refractivity contribution is 5.21. The van der Waals surface area contributed by atoms with Crippen molar-refractivity contribution in [2.45, 2.75) is 12.5 Å². The number of benzene rings is 2. The van der Waals surface area contributed by atoms with Crippen LogP contribution in [0.5, 0.6) is 0 Å². The maximum absolute atomic E-state index is 9.95. The second kappa shape index (κ2) is 4.76. The van der Waals surface area contributed by atoms with E-state index in [2.05, 4.69) is 6.07 Å². The van der Waals surface area contributed by atoms with Gasteiger partial charge in [0.25, 0.3) is 0 Å². The first-order valence-electron chi connectivity index (χ1n) is 5.04. The third kappa shape index (κ3) is 2.67. The fourth-order valence-corrected chi connectivity index (χ4v) is 1.57. The first kappa shape index (κ1) is 9.94. The molecule has 1 unspecified atom stereocenters. The molecule has 1 N–H and O–H groups in total.